The van der Waals surface area contributed by atoms with Crippen LogP contribution in [0.25, 0.3) is 0 Å². The van der Waals surface area contributed by atoms with Crippen molar-refractivity contribution in [2.45, 2.75) is 36.1 Å². The zero-order chi connectivity index (χ0) is 21.9. The number of fused-ring (bicyclic) bond motifs is 1. The molecule has 160 valence electrons. The lowest BCUT2D eigenvalue weighted by molar-refractivity contribution is -0.743. The van der Waals surface area contributed by atoms with E-state index in [0.29, 0.717) is 17.6 Å². The highest BCUT2D eigenvalue weighted by Gasteiger charge is 2.34. The van der Waals surface area contributed by atoms with E-state index in [4.69, 9.17) is 4.74 Å². The van der Waals surface area contributed by atoms with E-state index < -0.39 is 20.5 Å². The smallest absolute Gasteiger partial charge is 0.237 e. The molecule has 4 rings (SSSR count). The molecular formula is C24H24FN2O3S+. The molecule has 0 aromatic heterocycles. The molecule has 1 unspecified atom stereocenters. The number of quaternary nitrogens is 1. The minimum absolute atomic E-state index is 0.0293. The van der Waals surface area contributed by atoms with Gasteiger partial charge in [0.25, 0.3) is 0 Å². The van der Waals surface area contributed by atoms with Gasteiger partial charge in [-0.05, 0) is 42.8 Å². The third-order valence-electron chi connectivity index (χ3n) is 5.31. The van der Waals surface area contributed by atoms with Gasteiger partial charge in [-0.25, -0.2) is 17.3 Å². The number of halogens is 1. The number of rotatable bonds is 8. The molecule has 0 saturated heterocycles. The highest BCUT2D eigenvalue weighted by Crippen LogP contribution is 2.33. The number of hydrogen-bond acceptors (Lipinski definition) is 4. The van der Waals surface area contributed by atoms with Gasteiger partial charge in [-0.15, -0.1) is 0 Å². The van der Waals surface area contributed by atoms with Crippen molar-refractivity contribution in [2.24, 2.45) is 4.99 Å². The van der Waals surface area contributed by atoms with Crippen molar-refractivity contribution in [3.63, 3.8) is 0 Å². The standard InChI is InChI=1S/C24H24FN2O3S/c1-2-3-17-30-22-8-6-7-21(25)24(22)31(28,29)20-12-10-19(11-13-20)18-27-15-5-4-9-23(27)26-14-16-27/h4-16H,2-3,17-18H2,1H3/q+1. The maximum Gasteiger partial charge on any atom is 0.237 e. The van der Waals surface area contributed by atoms with Crippen LogP contribution in [0.5, 0.6) is 5.75 Å². The molecule has 2 aliphatic heterocycles. The van der Waals surface area contributed by atoms with Gasteiger partial charge in [-0.3, -0.25) is 0 Å². The van der Waals surface area contributed by atoms with Gasteiger partial charge < -0.3 is 4.74 Å². The van der Waals surface area contributed by atoms with Crippen LogP contribution in [0.15, 0.2) is 94.1 Å². The monoisotopic (exact) mass is 439 g/mol. The van der Waals surface area contributed by atoms with Crippen LogP contribution in [0.1, 0.15) is 25.3 Å². The Morgan fingerprint density at radius 3 is 2.65 bits per heavy atom. The van der Waals surface area contributed by atoms with Crippen molar-refractivity contribution in [1.82, 2.24) is 0 Å². The number of benzene rings is 2. The number of hydrogen-bond donors (Lipinski definition) is 0. The maximum absolute atomic E-state index is 14.6. The van der Waals surface area contributed by atoms with Crippen LogP contribution in [0.2, 0.25) is 0 Å². The molecule has 0 bridgehead atoms. The van der Waals surface area contributed by atoms with E-state index in [1.54, 1.807) is 18.3 Å². The van der Waals surface area contributed by atoms with Crippen LogP contribution < -0.4 is 4.74 Å². The first-order valence-electron chi connectivity index (χ1n) is 10.2. The van der Waals surface area contributed by atoms with E-state index in [9.17, 15) is 12.8 Å². The fraction of sp³-hybridized carbons (Fsp3) is 0.208. The fourth-order valence-corrected chi connectivity index (χ4v) is 5.08. The summed E-state index contributed by atoms with van der Waals surface area (Å²) in [6.45, 7) is 2.93. The van der Waals surface area contributed by atoms with Crippen LogP contribution in [0, 0.1) is 5.82 Å². The second kappa shape index (κ2) is 8.61. The SMILES string of the molecule is CCCCOc1cccc(F)c1S(=O)(=O)c1ccc(C[N+]23C=CC=CC2=NC=C3)cc1. The van der Waals surface area contributed by atoms with E-state index >= 15 is 0 Å². The summed E-state index contributed by atoms with van der Waals surface area (Å²) in [6, 6.07) is 10.6. The zero-order valence-electron chi connectivity index (χ0n) is 17.2. The fourth-order valence-electron chi connectivity index (χ4n) is 3.64. The number of sulfone groups is 1. The number of ether oxygens (including phenoxy) is 1. The number of nitrogens with zero attached hydrogens (tertiary/aromatic N) is 2. The highest BCUT2D eigenvalue weighted by atomic mass is 32.2. The summed E-state index contributed by atoms with van der Waals surface area (Å²) in [7, 11) is -4.07. The van der Waals surface area contributed by atoms with Gasteiger partial charge in [0.05, 0.1) is 17.7 Å². The second-order valence-electron chi connectivity index (χ2n) is 7.49. The van der Waals surface area contributed by atoms with E-state index in [2.05, 4.69) is 4.99 Å². The van der Waals surface area contributed by atoms with Crippen LogP contribution >= 0.6 is 0 Å². The lowest BCUT2D eigenvalue weighted by Gasteiger charge is -2.28. The number of allylic oxidation sites excluding steroid dienone is 2. The van der Waals surface area contributed by atoms with Crippen molar-refractivity contribution in [3.8, 4) is 5.75 Å². The van der Waals surface area contributed by atoms with Gasteiger partial charge in [-0.1, -0.05) is 31.5 Å². The lowest BCUT2D eigenvalue weighted by Crippen LogP contribution is -2.40. The first-order valence-corrected chi connectivity index (χ1v) is 11.7. The topological polar surface area (TPSA) is 55.7 Å². The van der Waals surface area contributed by atoms with E-state index in [0.717, 1.165) is 30.3 Å². The Balaban J connectivity index is 1.61. The molecule has 0 aliphatic carbocycles. The van der Waals surface area contributed by atoms with Crippen LogP contribution in [0.4, 0.5) is 4.39 Å². The summed E-state index contributed by atoms with van der Waals surface area (Å²) in [5.41, 5.74) is 0.936. The highest BCUT2D eigenvalue weighted by molar-refractivity contribution is 7.91. The van der Waals surface area contributed by atoms with E-state index in [-0.39, 0.29) is 10.6 Å². The summed E-state index contributed by atoms with van der Waals surface area (Å²) in [6.07, 6.45) is 13.3. The number of aliphatic imine (C=N–C) groups is 1. The molecule has 5 nitrogen and oxygen atoms in total. The van der Waals surface area contributed by atoms with Crippen molar-refractivity contribution >= 4 is 15.7 Å². The minimum Gasteiger partial charge on any atom is -0.492 e. The normalized spacial score (nSPS) is 19.4. The molecule has 0 radical (unpaired) electrons. The van der Waals surface area contributed by atoms with Crippen molar-refractivity contribution < 1.29 is 22.0 Å². The third-order valence-corrected chi connectivity index (χ3v) is 7.13. The van der Waals surface area contributed by atoms with Gasteiger partial charge in [-0.2, -0.15) is 4.99 Å². The Morgan fingerprint density at radius 2 is 1.87 bits per heavy atom. The molecule has 7 heteroatoms. The summed E-state index contributed by atoms with van der Waals surface area (Å²) in [5, 5.41) is 0. The Bertz CT molecular complexity index is 1200. The van der Waals surface area contributed by atoms with Gasteiger partial charge >= 0.3 is 0 Å². The van der Waals surface area contributed by atoms with Crippen molar-refractivity contribution in [1.29, 1.82) is 0 Å². The number of unbranched alkanes of at least 4 members (excludes halogenated alkanes) is 1. The number of amidine groups is 1. The lowest BCUT2D eigenvalue weighted by atomic mass is 10.1. The largest absolute Gasteiger partial charge is 0.492 e. The molecule has 31 heavy (non-hydrogen) atoms. The average Bonchev–Trinajstić information content (AvgIpc) is 3.17. The summed E-state index contributed by atoms with van der Waals surface area (Å²) < 4.78 is 47.0. The molecular weight excluding hydrogens is 415 g/mol. The summed E-state index contributed by atoms with van der Waals surface area (Å²) >= 11 is 0. The average molecular weight is 440 g/mol. The van der Waals surface area contributed by atoms with Crippen molar-refractivity contribution in [3.05, 3.63) is 90.7 Å². The first-order chi connectivity index (χ1) is 15.0. The van der Waals surface area contributed by atoms with Gasteiger partial charge in [0.2, 0.25) is 15.7 Å². The Morgan fingerprint density at radius 1 is 1.06 bits per heavy atom. The van der Waals surface area contributed by atoms with Crippen LogP contribution in [-0.2, 0) is 16.4 Å². The minimum atomic E-state index is -4.07. The molecule has 0 fully saturated rings. The molecule has 2 heterocycles. The molecule has 1 atom stereocenters. The van der Waals surface area contributed by atoms with Crippen molar-refractivity contribution in [2.75, 3.05) is 6.61 Å². The Kier molecular flexibility index (Phi) is 5.89. The molecule has 2 aromatic rings. The molecule has 0 N–H and O–H groups in total. The summed E-state index contributed by atoms with van der Waals surface area (Å²) in [4.78, 5) is 4.01. The maximum atomic E-state index is 14.6. The van der Waals surface area contributed by atoms with E-state index in [1.165, 1.54) is 24.3 Å². The molecule has 2 aromatic carbocycles. The molecule has 0 spiro atoms. The predicted molar refractivity (Wildman–Crippen MR) is 118 cm³/mol. The van der Waals surface area contributed by atoms with Gasteiger partial charge in [0, 0.05) is 11.6 Å². The Hall–Kier alpha value is -3.03. The van der Waals surface area contributed by atoms with Gasteiger partial charge in [0.1, 0.15) is 35.4 Å². The molecule has 0 amide bonds. The molecule has 2 aliphatic rings. The third kappa shape index (κ3) is 4.11. The quantitative estimate of drug-likeness (QED) is 0.424. The second-order valence-corrected chi connectivity index (χ2v) is 9.38. The first kappa shape index (κ1) is 21.2. The van der Waals surface area contributed by atoms with E-state index in [1.807, 2.05) is 37.6 Å². The molecule has 0 saturated carbocycles. The van der Waals surface area contributed by atoms with Crippen LogP contribution in [0.3, 0.4) is 0 Å². The van der Waals surface area contributed by atoms with Crippen LogP contribution in [-0.4, -0.2) is 25.3 Å². The Labute approximate surface area is 182 Å². The summed E-state index contributed by atoms with van der Waals surface area (Å²) in [5.74, 6) is 0.133. The zero-order valence-corrected chi connectivity index (χ0v) is 18.1. The van der Waals surface area contributed by atoms with Gasteiger partial charge in [0.15, 0.2) is 0 Å². The predicted octanol–water partition coefficient (Wildman–Crippen LogP) is 5.12.